The highest BCUT2D eigenvalue weighted by Crippen LogP contribution is 2.33. The maximum Gasteiger partial charge on any atom is 0.254 e. The van der Waals surface area contributed by atoms with Crippen molar-refractivity contribution in [3.63, 3.8) is 0 Å². The zero-order chi connectivity index (χ0) is 19.7. The minimum Gasteiger partial charge on any atom is -0.386 e. The predicted octanol–water partition coefficient (Wildman–Crippen LogP) is 4.26. The molecule has 1 amide bonds. The molecule has 1 aliphatic heterocycles. The molecule has 1 heterocycles. The van der Waals surface area contributed by atoms with Gasteiger partial charge in [0.1, 0.15) is 6.10 Å². The molecule has 0 saturated carbocycles. The largest absolute Gasteiger partial charge is 0.386 e. The Morgan fingerprint density at radius 2 is 1.64 bits per heavy atom. The van der Waals surface area contributed by atoms with Crippen molar-refractivity contribution in [2.24, 2.45) is 4.99 Å². The van der Waals surface area contributed by atoms with Gasteiger partial charge in [-0.05, 0) is 23.8 Å². The number of carbonyl (C=O) groups is 1. The van der Waals surface area contributed by atoms with Crippen LogP contribution in [0.2, 0.25) is 5.02 Å². The van der Waals surface area contributed by atoms with Crippen LogP contribution in [0, 0.1) is 0 Å². The Hall–Kier alpha value is -2.95. The molecule has 3 aromatic rings. The Labute approximate surface area is 168 Å². The van der Waals surface area contributed by atoms with E-state index in [9.17, 15) is 9.90 Å². The number of fused-ring (bicyclic) bond motifs is 1. The van der Waals surface area contributed by atoms with Gasteiger partial charge >= 0.3 is 0 Å². The molecule has 140 valence electrons. The molecule has 0 spiro atoms. The molecule has 1 aliphatic rings. The lowest BCUT2D eigenvalue weighted by Crippen LogP contribution is -2.38. The number of aliphatic hydroxyl groups excluding tert-OH is 1. The molecule has 4 rings (SSSR count). The summed E-state index contributed by atoms with van der Waals surface area (Å²) in [4.78, 5) is 19.5. The fourth-order valence-corrected chi connectivity index (χ4v) is 3.61. The number of anilines is 1. The molecule has 0 aliphatic carbocycles. The van der Waals surface area contributed by atoms with Crippen LogP contribution in [0.4, 0.5) is 5.69 Å². The molecule has 0 unspecified atom stereocenters. The van der Waals surface area contributed by atoms with Gasteiger partial charge in [-0.2, -0.15) is 0 Å². The third-order valence-corrected chi connectivity index (χ3v) is 5.15. The molecule has 5 heteroatoms. The normalized spacial score (nSPS) is 17.5. The van der Waals surface area contributed by atoms with Crippen molar-refractivity contribution in [1.29, 1.82) is 0 Å². The first kappa shape index (κ1) is 18.4. The fraction of sp³-hybridized carbons (Fsp3) is 0.130. The van der Waals surface area contributed by atoms with Crippen molar-refractivity contribution in [2.75, 3.05) is 11.9 Å². The van der Waals surface area contributed by atoms with E-state index in [1.807, 2.05) is 60.7 Å². The standard InChI is InChI=1S/C23H19ClN2O2/c1-26-19-13-12-17(24)14-18(19)20(15-8-4-2-5-9-15)25-21(23(26)28)22(27)16-10-6-3-7-11-16/h2-14,21-22,27H,1H3/t21-,22-/m1/s1. The van der Waals surface area contributed by atoms with Crippen LogP contribution in [0.5, 0.6) is 0 Å². The maximum atomic E-state index is 13.2. The summed E-state index contributed by atoms with van der Waals surface area (Å²) in [7, 11) is 1.70. The number of benzene rings is 3. The summed E-state index contributed by atoms with van der Waals surface area (Å²) in [5, 5.41) is 11.5. The average molecular weight is 391 g/mol. The average Bonchev–Trinajstić information content (AvgIpc) is 2.84. The maximum absolute atomic E-state index is 13.2. The van der Waals surface area contributed by atoms with Crippen LogP contribution in [0.15, 0.2) is 83.9 Å². The number of carbonyl (C=O) groups excluding carboxylic acids is 1. The smallest absolute Gasteiger partial charge is 0.254 e. The number of rotatable bonds is 3. The van der Waals surface area contributed by atoms with Gasteiger partial charge in [0.25, 0.3) is 5.91 Å². The predicted molar refractivity (Wildman–Crippen MR) is 112 cm³/mol. The molecular formula is C23H19ClN2O2. The number of benzodiazepines with no additional fused rings is 1. The summed E-state index contributed by atoms with van der Waals surface area (Å²) in [6, 6.07) is 23.2. The number of halogens is 1. The quantitative estimate of drug-likeness (QED) is 0.726. The lowest BCUT2D eigenvalue weighted by molar-refractivity contribution is -0.121. The zero-order valence-electron chi connectivity index (χ0n) is 15.3. The molecule has 0 radical (unpaired) electrons. The van der Waals surface area contributed by atoms with Crippen LogP contribution < -0.4 is 4.90 Å². The minimum atomic E-state index is -1.06. The Morgan fingerprint density at radius 3 is 2.32 bits per heavy atom. The molecule has 0 saturated heterocycles. The first-order valence-corrected chi connectivity index (χ1v) is 9.38. The van der Waals surface area contributed by atoms with Gasteiger partial charge in [0.2, 0.25) is 0 Å². The van der Waals surface area contributed by atoms with E-state index in [0.717, 1.165) is 11.1 Å². The molecule has 3 aromatic carbocycles. The SMILES string of the molecule is CN1C(=O)[C@@H]([C@H](O)c2ccccc2)N=C(c2ccccc2)c2cc(Cl)ccc21. The van der Waals surface area contributed by atoms with E-state index in [1.54, 1.807) is 30.1 Å². The van der Waals surface area contributed by atoms with Gasteiger partial charge in [-0.15, -0.1) is 0 Å². The van der Waals surface area contributed by atoms with Crippen LogP contribution in [-0.2, 0) is 4.79 Å². The number of aliphatic hydroxyl groups is 1. The first-order valence-electron chi connectivity index (χ1n) is 9.00. The Bertz CT molecular complexity index is 1030. The van der Waals surface area contributed by atoms with Crippen LogP contribution in [0.3, 0.4) is 0 Å². The van der Waals surface area contributed by atoms with Crippen molar-refractivity contribution in [3.8, 4) is 0 Å². The second kappa shape index (κ2) is 7.58. The number of aliphatic imine (C=N–C) groups is 1. The summed E-state index contributed by atoms with van der Waals surface area (Å²) in [5.74, 6) is -0.272. The lowest BCUT2D eigenvalue weighted by atomic mass is 9.99. The van der Waals surface area contributed by atoms with Gasteiger partial charge < -0.3 is 10.0 Å². The number of nitrogens with zero attached hydrogens (tertiary/aromatic N) is 2. The minimum absolute atomic E-state index is 0.272. The molecule has 4 nitrogen and oxygen atoms in total. The number of hydrogen-bond donors (Lipinski definition) is 1. The van der Waals surface area contributed by atoms with Crippen molar-refractivity contribution in [1.82, 2.24) is 0 Å². The van der Waals surface area contributed by atoms with E-state index in [4.69, 9.17) is 16.6 Å². The number of hydrogen-bond acceptors (Lipinski definition) is 3. The van der Waals surface area contributed by atoms with Crippen molar-refractivity contribution in [2.45, 2.75) is 12.1 Å². The Balaban J connectivity index is 1.92. The fourth-order valence-electron chi connectivity index (χ4n) is 3.44. The summed E-state index contributed by atoms with van der Waals surface area (Å²) in [6.45, 7) is 0. The summed E-state index contributed by atoms with van der Waals surface area (Å²) in [5.41, 5.74) is 3.61. The van der Waals surface area contributed by atoms with Crippen LogP contribution in [-0.4, -0.2) is 29.8 Å². The highest BCUT2D eigenvalue weighted by Gasteiger charge is 2.35. The third kappa shape index (κ3) is 3.33. The lowest BCUT2D eigenvalue weighted by Gasteiger charge is -2.23. The van der Waals surface area contributed by atoms with Gasteiger partial charge in [0.15, 0.2) is 6.04 Å². The van der Waals surface area contributed by atoms with E-state index in [1.165, 1.54) is 0 Å². The van der Waals surface area contributed by atoms with Gasteiger partial charge in [-0.25, -0.2) is 0 Å². The molecule has 0 fully saturated rings. The second-order valence-electron chi connectivity index (χ2n) is 6.70. The van der Waals surface area contributed by atoms with Crippen molar-refractivity contribution < 1.29 is 9.90 Å². The van der Waals surface area contributed by atoms with E-state index in [2.05, 4.69) is 0 Å². The molecule has 0 bridgehead atoms. The first-order chi connectivity index (χ1) is 13.6. The zero-order valence-corrected chi connectivity index (χ0v) is 16.0. The molecule has 1 N–H and O–H groups in total. The summed E-state index contributed by atoms with van der Waals surface area (Å²) < 4.78 is 0. The number of amides is 1. The highest BCUT2D eigenvalue weighted by atomic mass is 35.5. The topological polar surface area (TPSA) is 52.9 Å². The van der Waals surface area contributed by atoms with E-state index < -0.39 is 12.1 Å². The second-order valence-corrected chi connectivity index (χ2v) is 7.14. The van der Waals surface area contributed by atoms with Gasteiger partial charge in [-0.1, -0.05) is 72.3 Å². The third-order valence-electron chi connectivity index (χ3n) is 4.91. The Morgan fingerprint density at radius 1 is 1.00 bits per heavy atom. The summed E-state index contributed by atoms with van der Waals surface area (Å²) >= 11 is 6.25. The van der Waals surface area contributed by atoms with Crippen LogP contribution in [0.1, 0.15) is 22.8 Å². The van der Waals surface area contributed by atoms with E-state index >= 15 is 0 Å². The highest BCUT2D eigenvalue weighted by molar-refractivity contribution is 6.32. The van der Waals surface area contributed by atoms with E-state index in [-0.39, 0.29) is 5.91 Å². The molecule has 2 atom stereocenters. The van der Waals surface area contributed by atoms with Crippen LogP contribution >= 0.6 is 11.6 Å². The monoisotopic (exact) mass is 390 g/mol. The van der Waals surface area contributed by atoms with Gasteiger partial charge in [0, 0.05) is 23.2 Å². The summed E-state index contributed by atoms with van der Waals surface area (Å²) in [6.07, 6.45) is -1.06. The van der Waals surface area contributed by atoms with Crippen molar-refractivity contribution >= 4 is 28.9 Å². The van der Waals surface area contributed by atoms with Crippen LogP contribution in [0.25, 0.3) is 0 Å². The van der Waals surface area contributed by atoms with Gasteiger partial charge in [-0.3, -0.25) is 9.79 Å². The van der Waals surface area contributed by atoms with Crippen molar-refractivity contribution in [3.05, 3.63) is 101 Å². The van der Waals surface area contributed by atoms with E-state index in [0.29, 0.717) is 22.0 Å². The molecular weight excluding hydrogens is 372 g/mol. The Kier molecular flexibility index (Phi) is 4.99. The number of likely N-dealkylation sites (N-methyl/N-ethyl adjacent to an activating group) is 1. The van der Waals surface area contributed by atoms with Gasteiger partial charge in [0.05, 0.1) is 11.4 Å². The molecule has 28 heavy (non-hydrogen) atoms. The molecule has 0 aromatic heterocycles.